The van der Waals surface area contributed by atoms with E-state index < -0.39 is 10.0 Å². The molecule has 0 unspecified atom stereocenters. The topological polar surface area (TPSA) is 109 Å². The van der Waals surface area contributed by atoms with Gasteiger partial charge in [0.05, 0.1) is 23.4 Å². The van der Waals surface area contributed by atoms with Crippen LogP contribution in [0.3, 0.4) is 0 Å². The molecule has 9 heteroatoms. The highest BCUT2D eigenvalue weighted by molar-refractivity contribution is 7.92. The predicted molar refractivity (Wildman–Crippen MR) is 176 cm³/mol. The van der Waals surface area contributed by atoms with E-state index in [1.807, 2.05) is 40.7 Å². The molecule has 224 valence electrons. The standard InChI is InChI=1S/C21H29ClN2O3S.C8H11NO.C3H4/c1-6-16-14-18(22)11-12-19(16)24-28(25,26)13-9-10-17(7-2)21(4,5)15-20(23)27-8-3;1-3-5-6-8(7-10)9-4-2;1-3-2/h7-12,14,23-24H,3,6,13,15H2,1-2,4-5H3;3,5-7H,1,4H2,2H3;1H,2H3/b10-9-,17-7+,23-20?;6-5-,9-8?;. The monoisotopic (exact) mass is 601 g/mol. The number of rotatable bonds is 14. The number of halogens is 1. The summed E-state index contributed by atoms with van der Waals surface area (Å²) < 4.78 is 32.5. The number of benzene rings is 1. The first-order valence-corrected chi connectivity index (χ1v) is 15.0. The van der Waals surface area contributed by atoms with Crippen molar-refractivity contribution in [3.63, 3.8) is 0 Å². The van der Waals surface area contributed by atoms with Crippen LogP contribution in [-0.2, 0) is 26.0 Å². The number of aliphatic imine (C=N–C) groups is 1. The number of ether oxygens (including phenoxy) is 1. The molecule has 0 bridgehead atoms. The fraction of sp³-hybridized carbons (Fsp3) is 0.344. The highest BCUT2D eigenvalue weighted by Crippen LogP contribution is 2.32. The van der Waals surface area contributed by atoms with Crippen LogP contribution in [0.4, 0.5) is 5.69 Å². The van der Waals surface area contributed by atoms with E-state index in [0.717, 1.165) is 17.4 Å². The van der Waals surface area contributed by atoms with Gasteiger partial charge in [0.15, 0.2) is 12.2 Å². The van der Waals surface area contributed by atoms with Crippen LogP contribution in [0.25, 0.3) is 0 Å². The molecule has 0 aliphatic heterocycles. The zero-order chi connectivity index (χ0) is 31.9. The molecule has 2 N–H and O–H groups in total. The highest BCUT2D eigenvalue weighted by Gasteiger charge is 2.24. The number of carbonyl (C=O) groups is 1. The molecule has 0 heterocycles. The van der Waals surface area contributed by atoms with Crippen LogP contribution < -0.4 is 4.72 Å². The number of nitrogens with one attached hydrogen (secondary N) is 2. The summed E-state index contributed by atoms with van der Waals surface area (Å²) in [5, 5.41) is 8.38. The Kier molecular flexibility index (Phi) is 21.2. The van der Waals surface area contributed by atoms with Crippen molar-refractivity contribution in [3.05, 3.63) is 90.2 Å². The number of allylic oxidation sites excluding steroid dienone is 6. The third-order valence-electron chi connectivity index (χ3n) is 5.11. The molecule has 7 nitrogen and oxygen atoms in total. The Labute approximate surface area is 252 Å². The molecule has 0 spiro atoms. The number of sulfonamides is 1. The summed E-state index contributed by atoms with van der Waals surface area (Å²) in [6, 6.07) is 5.10. The molecule has 0 aromatic heterocycles. The Morgan fingerprint density at radius 2 is 1.90 bits per heavy atom. The van der Waals surface area contributed by atoms with Crippen molar-refractivity contribution in [2.75, 3.05) is 17.0 Å². The number of aryl methyl sites for hydroxylation is 1. The zero-order valence-corrected chi connectivity index (χ0v) is 26.6. The first-order valence-electron chi connectivity index (χ1n) is 12.9. The molecule has 0 radical (unpaired) electrons. The van der Waals surface area contributed by atoms with Gasteiger partial charge in [0.1, 0.15) is 0 Å². The summed E-state index contributed by atoms with van der Waals surface area (Å²) in [6.07, 6.45) is 17.8. The lowest BCUT2D eigenvalue weighted by atomic mass is 9.80. The van der Waals surface area contributed by atoms with Crippen molar-refractivity contribution in [3.8, 4) is 12.3 Å². The maximum atomic E-state index is 12.5. The smallest absolute Gasteiger partial charge is 0.236 e. The van der Waals surface area contributed by atoms with Crippen LogP contribution in [0.2, 0.25) is 5.02 Å². The summed E-state index contributed by atoms with van der Waals surface area (Å²) in [6.45, 7) is 18.9. The number of aldehydes is 1. The SMILES string of the molecule is C#CC.C=C/C=C\C(C=O)=NCC.C=COC(=N)CC(C)(C)C(/C=C\CS(=O)(=O)Nc1ccc(Cl)cc1CC)=C/C. The summed E-state index contributed by atoms with van der Waals surface area (Å²) in [7, 11) is -3.55. The van der Waals surface area contributed by atoms with E-state index in [4.69, 9.17) is 21.7 Å². The number of anilines is 1. The van der Waals surface area contributed by atoms with Gasteiger partial charge in [-0.15, -0.1) is 12.3 Å². The third-order valence-corrected chi connectivity index (χ3v) is 6.51. The molecule has 0 aliphatic rings. The molecule has 0 fully saturated rings. The van der Waals surface area contributed by atoms with E-state index in [1.54, 1.807) is 55.5 Å². The molecular formula is C32H44ClN3O4S. The summed E-state index contributed by atoms with van der Waals surface area (Å²) >= 11 is 5.98. The average molecular weight is 602 g/mol. The van der Waals surface area contributed by atoms with Crippen LogP contribution >= 0.6 is 11.6 Å². The fourth-order valence-electron chi connectivity index (χ4n) is 3.30. The van der Waals surface area contributed by atoms with Gasteiger partial charge in [-0.3, -0.25) is 19.9 Å². The molecule has 0 amide bonds. The van der Waals surface area contributed by atoms with Crippen molar-refractivity contribution >= 4 is 45.2 Å². The second-order valence-electron chi connectivity index (χ2n) is 8.85. The Hall–Kier alpha value is -3.67. The minimum Gasteiger partial charge on any atom is -0.452 e. The summed E-state index contributed by atoms with van der Waals surface area (Å²) in [5.41, 5.74) is 2.38. The quantitative estimate of drug-likeness (QED) is 0.0568. The van der Waals surface area contributed by atoms with Gasteiger partial charge in [-0.2, -0.15) is 0 Å². The molecule has 0 atom stereocenters. The van der Waals surface area contributed by atoms with Crippen LogP contribution in [0.1, 0.15) is 53.5 Å². The maximum absolute atomic E-state index is 12.5. The Morgan fingerprint density at radius 1 is 1.27 bits per heavy atom. The number of terminal acetylenes is 1. The average Bonchev–Trinajstić information content (AvgIpc) is 2.90. The lowest BCUT2D eigenvalue weighted by Gasteiger charge is -2.26. The zero-order valence-electron chi connectivity index (χ0n) is 25.0. The summed E-state index contributed by atoms with van der Waals surface area (Å²) in [4.78, 5) is 14.1. The van der Waals surface area contributed by atoms with E-state index in [1.165, 1.54) is 6.26 Å². The minimum absolute atomic E-state index is 0.108. The van der Waals surface area contributed by atoms with Crippen molar-refractivity contribution in [1.82, 2.24) is 0 Å². The largest absolute Gasteiger partial charge is 0.452 e. The first-order chi connectivity index (χ1) is 19.3. The third kappa shape index (κ3) is 18.3. The second-order valence-corrected chi connectivity index (χ2v) is 11.1. The van der Waals surface area contributed by atoms with Gasteiger partial charge >= 0.3 is 0 Å². The highest BCUT2D eigenvalue weighted by atomic mass is 35.5. The molecule has 0 saturated heterocycles. The van der Waals surface area contributed by atoms with Crippen LogP contribution in [0, 0.1) is 23.2 Å². The van der Waals surface area contributed by atoms with E-state index >= 15 is 0 Å². The number of hydrogen-bond acceptors (Lipinski definition) is 6. The Bertz CT molecular complexity index is 1270. The van der Waals surface area contributed by atoms with Crippen molar-refractivity contribution in [2.45, 2.75) is 54.4 Å². The van der Waals surface area contributed by atoms with Gasteiger partial charge in [-0.25, -0.2) is 8.42 Å². The number of carbonyl (C=O) groups excluding carboxylic acids is 1. The number of hydrogen-bond donors (Lipinski definition) is 2. The molecule has 41 heavy (non-hydrogen) atoms. The van der Waals surface area contributed by atoms with E-state index in [9.17, 15) is 13.2 Å². The van der Waals surface area contributed by atoms with Crippen LogP contribution in [0.5, 0.6) is 0 Å². The molecule has 1 aromatic carbocycles. The van der Waals surface area contributed by atoms with Crippen LogP contribution in [0.15, 0.2) is 84.6 Å². The lowest BCUT2D eigenvalue weighted by Crippen LogP contribution is -2.20. The molecule has 0 saturated carbocycles. The van der Waals surface area contributed by atoms with E-state index in [2.05, 4.69) is 35.2 Å². The second kappa shape index (κ2) is 22.1. The van der Waals surface area contributed by atoms with Crippen LogP contribution in [-0.4, -0.2) is 38.6 Å². The fourth-order valence-corrected chi connectivity index (χ4v) is 4.46. The van der Waals surface area contributed by atoms with Gasteiger partial charge in [0.25, 0.3) is 0 Å². The predicted octanol–water partition coefficient (Wildman–Crippen LogP) is 7.73. The Morgan fingerprint density at radius 3 is 2.39 bits per heavy atom. The molecule has 0 aliphatic carbocycles. The normalized spacial score (nSPS) is 11.9. The van der Waals surface area contributed by atoms with Gasteiger partial charge < -0.3 is 4.74 Å². The first kappa shape index (κ1) is 39.5. The Balaban J connectivity index is 0. The molecule has 1 rings (SSSR count). The van der Waals surface area contributed by atoms with Gasteiger partial charge in [0.2, 0.25) is 10.0 Å². The van der Waals surface area contributed by atoms with E-state index in [-0.39, 0.29) is 17.1 Å². The lowest BCUT2D eigenvalue weighted by molar-refractivity contribution is -0.102. The van der Waals surface area contributed by atoms with Crippen molar-refractivity contribution in [2.24, 2.45) is 10.4 Å². The number of nitrogens with zero attached hydrogens (tertiary/aromatic N) is 1. The van der Waals surface area contributed by atoms with Crippen molar-refractivity contribution < 1.29 is 17.9 Å². The van der Waals surface area contributed by atoms with Gasteiger partial charge in [0, 0.05) is 18.0 Å². The molecular weight excluding hydrogens is 558 g/mol. The minimum atomic E-state index is -3.55. The van der Waals surface area contributed by atoms with Gasteiger partial charge in [-0.05, 0) is 68.0 Å². The van der Waals surface area contributed by atoms with E-state index in [0.29, 0.717) is 35.8 Å². The summed E-state index contributed by atoms with van der Waals surface area (Å²) in [5.74, 6) is 2.20. The maximum Gasteiger partial charge on any atom is 0.236 e. The van der Waals surface area contributed by atoms with Gasteiger partial charge in [-0.1, -0.05) is 75.9 Å². The molecule has 1 aromatic rings. The van der Waals surface area contributed by atoms with Crippen molar-refractivity contribution in [1.29, 1.82) is 5.41 Å².